The summed E-state index contributed by atoms with van der Waals surface area (Å²) in [4.78, 5) is 0. The van der Waals surface area contributed by atoms with Crippen LogP contribution in [0.5, 0.6) is 0 Å². The van der Waals surface area contributed by atoms with Gasteiger partial charge < -0.3 is 5.73 Å². The van der Waals surface area contributed by atoms with Crippen molar-refractivity contribution in [2.75, 3.05) is 6.54 Å². The standard InChI is InChI=1S/C22H23N.B/c23-18-10-17-22(19-11-4-1-5-12-19,20-13-6-2-7-14-20)21-15-8-3-9-16-21;/h1-9,11-16H,10,17-18,23H2;. The zero-order chi connectivity index (χ0) is 16.0. The van der Waals surface area contributed by atoms with Gasteiger partial charge in [0.1, 0.15) is 0 Å². The van der Waals surface area contributed by atoms with Crippen LogP contribution in [0.25, 0.3) is 0 Å². The maximum atomic E-state index is 5.87. The SMILES string of the molecule is NCCCC(c1ccccc1)(c1ccccc1)c1ccccc1.[B]. The lowest BCUT2D eigenvalue weighted by atomic mass is 9.67. The summed E-state index contributed by atoms with van der Waals surface area (Å²) in [5.41, 5.74) is 9.69. The van der Waals surface area contributed by atoms with Crippen molar-refractivity contribution in [1.29, 1.82) is 0 Å². The molecular weight excluding hydrogens is 289 g/mol. The molecule has 24 heavy (non-hydrogen) atoms. The van der Waals surface area contributed by atoms with Gasteiger partial charge >= 0.3 is 0 Å². The molecule has 3 radical (unpaired) electrons. The molecule has 0 aliphatic heterocycles. The Balaban J connectivity index is 0.00000208. The molecular formula is C22H23BN. The highest BCUT2D eigenvalue weighted by molar-refractivity contribution is 5.75. The monoisotopic (exact) mass is 312 g/mol. The van der Waals surface area contributed by atoms with Crippen molar-refractivity contribution in [3.63, 3.8) is 0 Å². The first-order valence-corrected chi connectivity index (χ1v) is 8.24. The summed E-state index contributed by atoms with van der Waals surface area (Å²) in [6.45, 7) is 0.703. The second kappa shape index (κ2) is 8.51. The number of hydrogen-bond acceptors (Lipinski definition) is 1. The van der Waals surface area contributed by atoms with Gasteiger partial charge in [0.2, 0.25) is 0 Å². The van der Waals surface area contributed by atoms with Gasteiger partial charge in [-0.2, -0.15) is 0 Å². The molecule has 3 rings (SSSR count). The fourth-order valence-corrected chi connectivity index (χ4v) is 3.47. The molecule has 1 nitrogen and oxygen atoms in total. The highest BCUT2D eigenvalue weighted by atomic mass is 14.5. The molecule has 119 valence electrons. The highest BCUT2D eigenvalue weighted by Crippen LogP contribution is 2.42. The third kappa shape index (κ3) is 3.44. The maximum absolute atomic E-state index is 5.87. The predicted octanol–water partition coefficient (Wildman–Crippen LogP) is 4.38. The minimum absolute atomic E-state index is 0. The zero-order valence-electron chi connectivity index (χ0n) is 13.9. The summed E-state index contributed by atoms with van der Waals surface area (Å²) >= 11 is 0. The van der Waals surface area contributed by atoms with Gasteiger partial charge in [-0.3, -0.25) is 0 Å². The lowest BCUT2D eigenvalue weighted by Gasteiger charge is -2.36. The van der Waals surface area contributed by atoms with Gasteiger partial charge in [0, 0.05) is 13.8 Å². The van der Waals surface area contributed by atoms with Crippen molar-refractivity contribution in [3.8, 4) is 0 Å². The van der Waals surface area contributed by atoms with E-state index >= 15 is 0 Å². The summed E-state index contributed by atoms with van der Waals surface area (Å²) in [7, 11) is 0. The molecule has 3 aromatic rings. The molecule has 3 aromatic carbocycles. The Morgan fingerprint density at radius 3 is 1.21 bits per heavy atom. The van der Waals surface area contributed by atoms with Gasteiger partial charge in [0.25, 0.3) is 0 Å². The minimum atomic E-state index is -0.150. The zero-order valence-corrected chi connectivity index (χ0v) is 13.9. The normalized spacial score (nSPS) is 10.9. The van der Waals surface area contributed by atoms with Crippen molar-refractivity contribution in [2.24, 2.45) is 5.73 Å². The number of hydrogen-bond donors (Lipinski definition) is 1. The average molecular weight is 312 g/mol. The van der Waals surface area contributed by atoms with Crippen LogP contribution in [0.1, 0.15) is 29.5 Å². The Morgan fingerprint density at radius 2 is 0.917 bits per heavy atom. The quantitative estimate of drug-likeness (QED) is 0.530. The van der Waals surface area contributed by atoms with Gasteiger partial charge in [-0.1, -0.05) is 91.0 Å². The smallest absolute Gasteiger partial charge is 0.0451 e. The van der Waals surface area contributed by atoms with E-state index in [2.05, 4.69) is 91.0 Å². The van der Waals surface area contributed by atoms with Crippen molar-refractivity contribution in [1.82, 2.24) is 0 Å². The summed E-state index contributed by atoms with van der Waals surface area (Å²) < 4.78 is 0. The Labute approximate surface area is 147 Å². The molecule has 0 saturated carbocycles. The molecule has 0 spiro atoms. The van der Waals surface area contributed by atoms with Crippen LogP contribution < -0.4 is 5.73 Å². The van der Waals surface area contributed by atoms with E-state index in [-0.39, 0.29) is 13.8 Å². The van der Waals surface area contributed by atoms with Gasteiger partial charge in [-0.05, 0) is 36.1 Å². The molecule has 0 aromatic heterocycles. The van der Waals surface area contributed by atoms with Gasteiger partial charge in [-0.15, -0.1) is 0 Å². The van der Waals surface area contributed by atoms with E-state index in [4.69, 9.17) is 5.73 Å². The number of rotatable bonds is 6. The van der Waals surface area contributed by atoms with Crippen molar-refractivity contribution >= 4 is 8.41 Å². The van der Waals surface area contributed by atoms with Crippen LogP contribution in [0, 0.1) is 0 Å². The first-order valence-electron chi connectivity index (χ1n) is 8.24. The van der Waals surface area contributed by atoms with E-state index in [1.54, 1.807) is 0 Å². The molecule has 2 N–H and O–H groups in total. The Kier molecular flexibility index (Phi) is 6.40. The Morgan fingerprint density at radius 1 is 0.583 bits per heavy atom. The Bertz CT molecular complexity index is 614. The van der Waals surface area contributed by atoms with Crippen LogP contribution in [0.3, 0.4) is 0 Å². The maximum Gasteiger partial charge on any atom is 0.0451 e. The van der Waals surface area contributed by atoms with Crippen molar-refractivity contribution < 1.29 is 0 Å². The van der Waals surface area contributed by atoms with Crippen molar-refractivity contribution in [3.05, 3.63) is 108 Å². The van der Waals surface area contributed by atoms with Crippen LogP contribution in [0.2, 0.25) is 0 Å². The van der Waals surface area contributed by atoms with E-state index in [0.29, 0.717) is 6.54 Å². The van der Waals surface area contributed by atoms with Gasteiger partial charge in [0.05, 0.1) is 0 Å². The molecule has 0 amide bonds. The fourth-order valence-electron chi connectivity index (χ4n) is 3.47. The number of benzene rings is 3. The van der Waals surface area contributed by atoms with Crippen LogP contribution in [0.4, 0.5) is 0 Å². The van der Waals surface area contributed by atoms with Gasteiger partial charge in [-0.25, -0.2) is 0 Å². The lowest BCUT2D eigenvalue weighted by molar-refractivity contribution is 0.537. The van der Waals surface area contributed by atoms with E-state index in [0.717, 1.165) is 12.8 Å². The molecule has 0 bridgehead atoms. The predicted molar refractivity (Wildman–Crippen MR) is 103 cm³/mol. The molecule has 2 heteroatoms. The molecule has 0 heterocycles. The molecule has 0 atom stereocenters. The largest absolute Gasteiger partial charge is 0.330 e. The van der Waals surface area contributed by atoms with E-state index < -0.39 is 0 Å². The van der Waals surface area contributed by atoms with Crippen molar-refractivity contribution in [2.45, 2.75) is 18.3 Å². The third-order valence-electron chi connectivity index (χ3n) is 4.56. The molecule has 0 fully saturated rings. The highest BCUT2D eigenvalue weighted by Gasteiger charge is 2.35. The fraction of sp³-hybridized carbons (Fsp3) is 0.182. The summed E-state index contributed by atoms with van der Waals surface area (Å²) in [6.07, 6.45) is 1.99. The number of nitrogens with two attached hydrogens (primary N) is 1. The summed E-state index contributed by atoms with van der Waals surface area (Å²) in [6, 6.07) is 32.4. The second-order valence-corrected chi connectivity index (χ2v) is 5.90. The third-order valence-corrected chi connectivity index (χ3v) is 4.56. The van der Waals surface area contributed by atoms with Crippen LogP contribution >= 0.6 is 0 Å². The van der Waals surface area contributed by atoms with Crippen LogP contribution in [-0.2, 0) is 5.41 Å². The first-order chi connectivity index (χ1) is 11.4. The first kappa shape index (κ1) is 18.0. The van der Waals surface area contributed by atoms with Gasteiger partial charge in [0.15, 0.2) is 0 Å². The summed E-state index contributed by atoms with van der Waals surface area (Å²) in [5.74, 6) is 0. The Hall–Kier alpha value is -2.32. The molecule has 0 saturated heterocycles. The summed E-state index contributed by atoms with van der Waals surface area (Å²) in [5, 5.41) is 0. The van der Waals surface area contributed by atoms with Crippen LogP contribution in [0.15, 0.2) is 91.0 Å². The average Bonchev–Trinajstić information content (AvgIpc) is 2.65. The van der Waals surface area contributed by atoms with E-state index in [9.17, 15) is 0 Å². The topological polar surface area (TPSA) is 26.0 Å². The van der Waals surface area contributed by atoms with Crippen LogP contribution in [-0.4, -0.2) is 15.0 Å². The molecule has 0 aliphatic rings. The lowest BCUT2D eigenvalue weighted by Crippen LogP contribution is -2.30. The minimum Gasteiger partial charge on any atom is -0.330 e. The van der Waals surface area contributed by atoms with E-state index in [1.807, 2.05) is 0 Å². The second-order valence-electron chi connectivity index (χ2n) is 5.90. The van der Waals surface area contributed by atoms with E-state index in [1.165, 1.54) is 16.7 Å². The molecule has 0 aliphatic carbocycles. The molecule has 0 unspecified atom stereocenters.